The van der Waals surface area contributed by atoms with Crippen molar-refractivity contribution in [1.82, 2.24) is 5.32 Å². The van der Waals surface area contributed by atoms with Crippen LogP contribution in [0, 0.1) is 11.8 Å². The molecule has 0 spiro atoms. The molecule has 2 aliphatic rings. The monoisotopic (exact) mass is 273 g/mol. The molecule has 0 saturated heterocycles. The van der Waals surface area contributed by atoms with Crippen molar-refractivity contribution in [3.8, 4) is 0 Å². The Balaban J connectivity index is 1.51. The second-order valence-electron chi connectivity index (χ2n) is 5.76. The van der Waals surface area contributed by atoms with E-state index in [2.05, 4.69) is 22.9 Å². The fraction of sp³-hybridized carbons (Fsp3) is 0.467. The van der Waals surface area contributed by atoms with Gasteiger partial charge in [0.15, 0.2) is 0 Å². The first kappa shape index (κ1) is 13.0. The summed E-state index contributed by atoms with van der Waals surface area (Å²) in [4.78, 5) is 23.4. The minimum absolute atomic E-state index is 0.0877. The fourth-order valence-corrected chi connectivity index (χ4v) is 2.14. The van der Waals surface area contributed by atoms with Crippen LogP contribution >= 0.6 is 0 Å². The van der Waals surface area contributed by atoms with E-state index in [0.717, 1.165) is 30.6 Å². The van der Waals surface area contributed by atoms with Crippen LogP contribution in [0.4, 0.5) is 16.2 Å². The van der Waals surface area contributed by atoms with Gasteiger partial charge in [0.25, 0.3) is 0 Å². The SMILES string of the molecule is CC1CC1C(=O)Nc1ccc(NC(=O)NC2CC2)cc1. The van der Waals surface area contributed by atoms with Gasteiger partial charge in [-0.2, -0.15) is 0 Å². The highest BCUT2D eigenvalue weighted by atomic mass is 16.2. The minimum atomic E-state index is -0.170. The van der Waals surface area contributed by atoms with Crippen molar-refractivity contribution >= 4 is 23.3 Å². The van der Waals surface area contributed by atoms with Gasteiger partial charge in [-0.25, -0.2) is 4.79 Å². The van der Waals surface area contributed by atoms with Gasteiger partial charge in [0.05, 0.1) is 0 Å². The number of carbonyl (C=O) groups excluding carboxylic acids is 2. The van der Waals surface area contributed by atoms with Gasteiger partial charge in [-0.1, -0.05) is 6.92 Å². The number of benzene rings is 1. The van der Waals surface area contributed by atoms with E-state index in [-0.39, 0.29) is 17.9 Å². The zero-order chi connectivity index (χ0) is 14.1. The number of hydrogen-bond donors (Lipinski definition) is 3. The molecule has 5 heteroatoms. The Morgan fingerprint density at radius 3 is 2.10 bits per heavy atom. The Kier molecular flexibility index (Phi) is 3.34. The largest absolute Gasteiger partial charge is 0.335 e. The third kappa shape index (κ3) is 3.29. The van der Waals surface area contributed by atoms with Crippen molar-refractivity contribution in [3.63, 3.8) is 0 Å². The molecule has 1 aromatic rings. The van der Waals surface area contributed by atoms with Crippen molar-refractivity contribution in [3.05, 3.63) is 24.3 Å². The summed E-state index contributed by atoms with van der Waals surface area (Å²) in [5, 5.41) is 8.52. The quantitative estimate of drug-likeness (QED) is 0.789. The van der Waals surface area contributed by atoms with Crippen LogP contribution in [-0.4, -0.2) is 18.0 Å². The summed E-state index contributed by atoms with van der Waals surface area (Å²) in [6.45, 7) is 2.08. The molecule has 3 rings (SSSR count). The molecule has 2 fully saturated rings. The second kappa shape index (κ2) is 5.15. The predicted octanol–water partition coefficient (Wildman–Crippen LogP) is 2.57. The number of carbonyl (C=O) groups is 2. The summed E-state index contributed by atoms with van der Waals surface area (Å²) >= 11 is 0. The molecular weight excluding hydrogens is 254 g/mol. The maximum absolute atomic E-state index is 11.8. The van der Waals surface area contributed by atoms with Crippen LogP contribution in [0.1, 0.15) is 26.2 Å². The zero-order valence-corrected chi connectivity index (χ0v) is 11.5. The minimum Gasteiger partial charge on any atom is -0.335 e. The zero-order valence-electron chi connectivity index (χ0n) is 11.5. The van der Waals surface area contributed by atoms with Crippen molar-refractivity contribution in [2.45, 2.75) is 32.2 Å². The third-order valence-corrected chi connectivity index (χ3v) is 3.77. The maximum Gasteiger partial charge on any atom is 0.319 e. The predicted molar refractivity (Wildman–Crippen MR) is 77.5 cm³/mol. The molecule has 0 bridgehead atoms. The number of anilines is 2. The molecule has 2 atom stereocenters. The van der Waals surface area contributed by atoms with Crippen molar-refractivity contribution in [1.29, 1.82) is 0 Å². The Morgan fingerprint density at radius 2 is 1.60 bits per heavy atom. The van der Waals surface area contributed by atoms with Gasteiger partial charge in [-0.05, 0) is 49.4 Å². The Hall–Kier alpha value is -2.04. The van der Waals surface area contributed by atoms with Gasteiger partial charge in [0.2, 0.25) is 5.91 Å². The van der Waals surface area contributed by atoms with Crippen LogP contribution in [0.15, 0.2) is 24.3 Å². The molecule has 0 radical (unpaired) electrons. The number of nitrogens with one attached hydrogen (secondary N) is 3. The average Bonchev–Trinajstić information content (AvgIpc) is 3.30. The second-order valence-corrected chi connectivity index (χ2v) is 5.76. The molecule has 2 aliphatic carbocycles. The summed E-state index contributed by atoms with van der Waals surface area (Å²) in [5.74, 6) is 0.754. The van der Waals surface area contributed by atoms with E-state index in [1.807, 2.05) is 0 Å². The molecule has 3 N–H and O–H groups in total. The van der Waals surface area contributed by atoms with Crippen molar-refractivity contribution in [2.75, 3.05) is 10.6 Å². The van der Waals surface area contributed by atoms with E-state index in [9.17, 15) is 9.59 Å². The number of rotatable bonds is 4. The summed E-state index contributed by atoms with van der Waals surface area (Å²) < 4.78 is 0. The molecule has 2 unspecified atom stereocenters. The fourth-order valence-electron chi connectivity index (χ4n) is 2.14. The standard InChI is InChI=1S/C15H19N3O2/c1-9-8-13(9)14(19)16-10-2-4-11(5-3-10)17-15(20)18-12-6-7-12/h2-5,9,12-13H,6-8H2,1H3,(H,16,19)(H2,17,18,20). The van der Waals surface area contributed by atoms with Gasteiger partial charge < -0.3 is 16.0 Å². The van der Waals surface area contributed by atoms with E-state index < -0.39 is 0 Å². The van der Waals surface area contributed by atoms with Crippen LogP contribution in [0.5, 0.6) is 0 Å². The lowest BCUT2D eigenvalue weighted by Gasteiger charge is -2.08. The molecule has 1 aromatic carbocycles. The van der Waals surface area contributed by atoms with Crippen LogP contribution in [-0.2, 0) is 4.79 Å². The molecule has 3 amide bonds. The van der Waals surface area contributed by atoms with Gasteiger partial charge in [-0.15, -0.1) is 0 Å². The molecule has 0 aliphatic heterocycles. The van der Waals surface area contributed by atoms with Crippen LogP contribution in [0.2, 0.25) is 0 Å². The van der Waals surface area contributed by atoms with Gasteiger partial charge in [0.1, 0.15) is 0 Å². The highest BCUT2D eigenvalue weighted by molar-refractivity contribution is 5.95. The van der Waals surface area contributed by atoms with E-state index in [1.54, 1.807) is 24.3 Å². The Labute approximate surface area is 118 Å². The van der Waals surface area contributed by atoms with Crippen molar-refractivity contribution in [2.24, 2.45) is 11.8 Å². The molecule has 5 nitrogen and oxygen atoms in total. The highest BCUT2D eigenvalue weighted by Crippen LogP contribution is 2.38. The first-order valence-electron chi connectivity index (χ1n) is 7.10. The number of urea groups is 1. The lowest BCUT2D eigenvalue weighted by atomic mass is 10.2. The maximum atomic E-state index is 11.8. The lowest BCUT2D eigenvalue weighted by molar-refractivity contribution is -0.117. The third-order valence-electron chi connectivity index (χ3n) is 3.77. The Morgan fingerprint density at radius 1 is 1.05 bits per heavy atom. The first-order chi connectivity index (χ1) is 9.61. The van der Waals surface area contributed by atoms with Crippen LogP contribution in [0.3, 0.4) is 0 Å². The Bertz CT molecular complexity index is 522. The molecular formula is C15H19N3O2. The summed E-state index contributed by atoms with van der Waals surface area (Å²) in [5.41, 5.74) is 1.49. The molecule has 0 heterocycles. The smallest absolute Gasteiger partial charge is 0.319 e. The summed E-state index contributed by atoms with van der Waals surface area (Å²) in [6.07, 6.45) is 3.11. The molecule has 106 valence electrons. The summed E-state index contributed by atoms with van der Waals surface area (Å²) in [7, 11) is 0. The average molecular weight is 273 g/mol. The lowest BCUT2D eigenvalue weighted by Crippen LogP contribution is -2.30. The first-order valence-corrected chi connectivity index (χ1v) is 7.10. The van der Waals surface area contributed by atoms with Gasteiger partial charge in [0, 0.05) is 23.3 Å². The highest BCUT2D eigenvalue weighted by Gasteiger charge is 2.39. The topological polar surface area (TPSA) is 70.2 Å². The molecule has 2 saturated carbocycles. The number of hydrogen-bond acceptors (Lipinski definition) is 2. The summed E-state index contributed by atoms with van der Waals surface area (Å²) in [6, 6.07) is 7.36. The van der Waals surface area contributed by atoms with Gasteiger partial charge in [-0.3, -0.25) is 4.79 Å². The normalized spacial score (nSPS) is 23.9. The van der Waals surface area contributed by atoms with E-state index in [0.29, 0.717) is 12.0 Å². The molecule has 20 heavy (non-hydrogen) atoms. The van der Waals surface area contributed by atoms with Crippen molar-refractivity contribution < 1.29 is 9.59 Å². The molecule has 0 aromatic heterocycles. The van der Waals surface area contributed by atoms with E-state index in [4.69, 9.17) is 0 Å². The van der Waals surface area contributed by atoms with Crippen LogP contribution < -0.4 is 16.0 Å². The number of amides is 3. The van der Waals surface area contributed by atoms with E-state index >= 15 is 0 Å². The van der Waals surface area contributed by atoms with E-state index in [1.165, 1.54) is 0 Å². The van der Waals surface area contributed by atoms with Gasteiger partial charge >= 0.3 is 6.03 Å². The van der Waals surface area contributed by atoms with Crippen LogP contribution in [0.25, 0.3) is 0 Å².